The van der Waals surface area contributed by atoms with Crippen LogP contribution in [0.15, 0.2) is 42.5 Å². The van der Waals surface area contributed by atoms with E-state index in [2.05, 4.69) is 6.07 Å². The van der Waals surface area contributed by atoms with Gasteiger partial charge in [0.2, 0.25) is 0 Å². The Balaban J connectivity index is 1.86. The maximum absolute atomic E-state index is 8.86. The van der Waals surface area contributed by atoms with Crippen LogP contribution < -0.4 is 15.2 Å². The molecule has 102 valence electrons. The van der Waals surface area contributed by atoms with E-state index in [-0.39, 0.29) is 0 Å². The number of rotatable bonds is 5. The summed E-state index contributed by atoms with van der Waals surface area (Å²) < 4.78 is 11.2. The third-order valence-electron chi connectivity index (χ3n) is 2.78. The largest absolute Gasteiger partial charge is 0.490 e. The second-order valence-electron chi connectivity index (χ2n) is 4.36. The van der Waals surface area contributed by atoms with Crippen molar-refractivity contribution in [1.82, 2.24) is 0 Å². The number of nitrogen functional groups attached to an aromatic ring is 1. The van der Waals surface area contributed by atoms with Crippen molar-refractivity contribution in [3.8, 4) is 17.6 Å². The molecule has 2 rings (SSSR count). The van der Waals surface area contributed by atoms with Crippen molar-refractivity contribution in [2.24, 2.45) is 0 Å². The average Bonchev–Trinajstić information content (AvgIpc) is 2.45. The first-order valence-corrected chi connectivity index (χ1v) is 6.31. The zero-order valence-corrected chi connectivity index (χ0v) is 11.3. The second kappa shape index (κ2) is 6.48. The van der Waals surface area contributed by atoms with Crippen molar-refractivity contribution < 1.29 is 9.47 Å². The first-order valence-electron chi connectivity index (χ1n) is 6.31. The molecular formula is C16H16N2O2. The van der Waals surface area contributed by atoms with Gasteiger partial charge in [-0.1, -0.05) is 12.1 Å². The quantitative estimate of drug-likeness (QED) is 0.668. The maximum atomic E-state index is 8.86. The number of ether oxygens (including phenoxy) is 2. The predicted molar refractivity (Wildman–Crippen MR) is 77.7 cm³/mol. The number of nitrogens with zero attached hydrogens (tertiary/aromatic N) is 1. The van der Waals surface area contributed by atoms with E-state index in [0.29, 0.717) is 30.2 Å². The molecule has 0 aliphatic rings. The number of hydrogen-bond acceptors (Lipinski definition) is 4. The van der Waals surface area contributed by atoms with Crippen molar-refractivity contribution in [1.29, 1.82) is 5.26 Å². The number of anilines is 1. The number of aryl methyl sites for hydroxylation is 1. The molecule has 0 atom stereocenters. The fraction of sp³-hybridized carbons (Fsp3) is 0.188. The summed E-state index contributed by atoms with van der Waals surface area (Å²) in [6, 6.07) is 14.7. The Kier molecular flexibility index (Phi) is 4.46. The summed E-state index contributed by atoms with van der Waals surface area (Å²) in [7, 11) is 0. The van der Waals surface area contributed by atoms with Gasteiger partial charge in [-0.05, 0) is 36.8 Å². The van der Waals surface area contributed by atoms with Crippen molar-refractivity contribution >= 4 is 5.69 Å². The van der Waals surface area contributed by atoms with Crippen LogP contribution in [-0.2, 0) is 0 Å². The molecule has 0 aliphatic heterocycles. The molecule has 0 aliphatic carbocycles. The summed E-state index contributed by atoms with van der Waals surface area (Å²) in [4.78, 5) is 0. The Labute approximate surface area is 118 Å². The minimum Gasteiger partial charge on any atom is -0.490 e. The van der Waals surface area contributed by atoms with E-state index in [0.717, 1.165) is 11.3 Å². The molecule has 2 N–H and O–H groups in total. The number of benzene rings is 2. The highest BCUT2D eigenvalue weighted by Crippen LogP contribution is 2.19. The van der Waals surface area contributed by atoms with Crippen molar-refractivity contribution in [2.75, 3.05) is 18.9 Å². The third kappa shape index (κ3) is 3.66. The Bertz CT molecular complexity index is 633. The first-order chi connectivity index (χ1) is 9.69. The fourth-order valence-corrected chi connectivity index (χ4v) is 1.74. The van der Waals surface area contributed by atoms with E-state index in [1.165, 1.54) is 0 Å². The Hall–Kier alpha value is -2.67. The van der Waals surface area contributed by atoms with E-state index < -0.39 is 0 Å². The van der Waals surface area contributed by atoms with Crippen molar-refractivity contribution in [3.05, 3.63) is 53.6 Å². The molecule has 20 heavy (non-hydrogen) atoms. The van der Waals surface area contributed by atoms with Gasteiger partial charge in [-0.3, -0.25) is 0 Å². The fourth-order valence-electron chi connectivity index (χ4n) is 1.74. The van der Waals surface area contributed by atoms with Gasteiger partial charge >= 0.3 is 0 Å². The standard InChI is InChI=1S/C16H16N2O2/c1-12-5-6-13(11-17)9-16(12)20-8-7-19-15-4-2-3-14(18)10-15/h2-6,9-10H,7-8,18H2,1H3. The van der Waals surface area contributed by atoms with Crippen LogP contribution in [0.3, 0.4) is 0 Å². The molecule has 0 saturated carbocycles. The van der Waals surface area contributed by atoms with Gasteiger partial charge in [0.15, 0.2) is 0 Å². The molecule has 2 aromatic rings. The van der Waals surface area contributed by atoms with Crippen LogP contribution in [0, 0.1) is 18.3 Å². The molecule has 0 radical (unpaired) electrons. The predicted octanol–water partition coefficient (Wildman–Crippen LogP) is 2.91. The molecular weight excluding hydrogens is 252 g/mol. The van der Waals surface area contributed by atoms with Crippen molar-refractivity contribution in [3.63, 3.8) is 0 Å². The lowest BCUT2D eigenvalue weighted by molar-refractivity contribution is 0.216. The molecule has 0 unspecified atom stereocenters. The summed E-state index contributed by atoms with van der Waals surface area (Å²) in [5.41, 5.74) is 7.91. The van der Waals surface area contributed by atoms with Gasteiger partial charge in [0.1, 0.15) is 24.7 Å². The Morgan fingerprint density at radius 2 is 1.90 bits per heavy atom. The van der Waals surface area contributed by atoms with Gasteiger partial charge in [-0.2, -0.15) is 5.26 Å². The number of nitriles is 1. The summed E-state index contributed by atoms with van der Waals surface area (Å²) in [6.07, 6.45) is 0. The molecule has 0 bridgehead atoms. The molecule has 0 heterocycles. The second-order valence-corrected chi connectivity index (χ2v) is 4.36. The first kappa shape index (κ1) is 13.8. The van der Waals surface area contributed by atoms with Crippen LogP contribution in [0.1, 0.15) is 11.1 Å². The van der Waals surface area contributed by atoms with Crippen LogP contribution >= 0.6 is 0 Å². The zero-order valence-electron chi connectivity index (χ0n) is 11.3. The van der Waals surface area contributed by atoms with Crippen LogP contribution in [0.25, 0.3) is 0 Å². The molecule has 2 aromatic carbocycles. The summed E-state index contributed by atoms with van der Waals surface area (Å²) in [6.45, 7) is 2.76. The Morgan fingerprint density at radius 3 is 2.65 bits per heavy atom. The van der Waals surface area contributed by atoms with E-state index >= 15 is 0 Å². The van der Waals surface area contributed by atoms with Crippen LogP contribution in [0.4, 0.5) is 5.69 Å². The minimum absolute atomic E-state index is 0.407. The van der Waals surface area contributed by atoms with Gasteiger partial charge in [-0.15, -0.1) is 0 Å². The number of hydrogen-bond donors (Lipinski definition) is 1. The molecule has 0 saturated heterocycles. The lowest BCUT2D eigenvalue weighted by atomic mass is 10.1. The molecule has 0 aromatic heterocycles. The smallest absolute Gasteiger partial charge is 0.123 e. The Morgan fingerprint density at radius 1 is 1.10 bits per heavy atom. The molecule has 0 amide bonds. The van der Waals surface area contributed by atoms with Gasteiger partial charge in [0.25, 0.3) is 0 Å². The average molecular weight is 268 g/mol. The van der Waals surface area contributed by atoms with Gasteiger partial charge < -0.3 is 15.2 Å². The van der Waals surface area contributed by atoms with Gasteiger partial charge in [0.05, 0.1) is 11.6 Å². The van der Waals surface area contributed by atoms with Crippen LogP contribution in [0.5, 0.6) is 11.5 Å². The normalized spacial score (nSPS) is 9.80. The molecule has 0 spiro atoms. The highest BCUT2D eigenvalue weighted by atomic mass is 16.5. The molecule has 4 nitrogen and oxygen atoms in total. The maximum Gasteiger partial charge on any atom is 0.123 e. The lowest BCUT2D eigenvalue weighted by Gasteiger charge is -2.10. The van der Waals surface area contributed by atoms with E-state index in [1.54, 1.807) is 24.3 Å². The van der Waals surface area contributed by atoms with Gasteiger partial charge in [0, 0.05) is 11.8 Å². The minimum atomic E-state index is 0.407. The highest BCUT2D eigenvalue weighted by Gasteiger charge is 2.02. The van der Waals surface area contributed by atoms with Crippen LogP contribution in [0.2, 0.25) is 0 Å². The third-order valence-corrected chi connectivity index (χ3v) is 2.78. The molecule has 4 heteroatoms. The van der Waals surface area contributed by atoms with E-state index in [9.17, 15) is 0 Å². The summed E-state index contributed by atoms with van der Waals surface area (Å²) >= 11 is 0. The molecule has 0 fully saturated rings. The zero-order chi connectivity index (χ0) is 14.4. The topological polar surface area (TPSA) is 68.3 Å². The highest BCUT2D eigenvalue weighted by molar-refractivity contribution is 5.43. The lowest BCUT2D eigenvalue weighted by Crippen LogP contribution is -2.09. The van der Waals surface area contributed by atoms with E-state index in [1.807, 2.05) is 25.1 Å². The summed E-state index contributed by atoms with van der Waals surface area (Å²) in [5.74, 6) is 1.43. The van der Waals surface area contributed by atoms with Crippen molar-refractivity contribution in [2.45, 2.75) is 6.92 Å². The van der Waals surface area contributed by atoms with Crippen LogP contribution in [-0.4, -0.2) is 13.2 Å². The van der Waals surface area contributed by atoms with Gasteiger partial charge in [-0.25, -0.2) is 0 Å². The monoisotopic (exact) mass is 268 g/mol. The van der Waals surface area contributed by atoms with E-state index in [4.69, 9.17) is 20.5 Å². The summed E-state index contributed by atoms with van der Waals surface area (Å²) in [5, 5.41) is 8.86. The SMILES string of the molecule is Cc1ccc(C#N)cc1OCCOc1cccc(N)c1. The number of nitrogens with two attached hydrogens (primary N) is 1.